The molecule has 0 radical (unpaired) electrons. The second kappa shape index (κ2) is 10.3. The fourth-order valence-corrected chi connectivity index (χ4v) is 3.89. The molecule has 0 heterocycles. The number of carbonyl (C=O) groups excluding carboxylic acids is 3. The summed E-state index contributed by atoms with van der Waals surface area (Å²) in [6, 6.07) is 4.25. The van der Waals surface area contributed by atoms with Crippen molar-refractivity contribution >= 4 is 17.7 Å². The first kappa shape index (κ1) is 24.1. The third kappa shape index (κ3) is 5.32. The van der Waals surface area contributed by atoms with Gasteiger partial charge in [-0.1, -0.05) is 31.4 Å². The molecule has 4 atom stereocenters. The van der Waals surface area contributed by atoms with Crippen molar-refractivity contribution < 1.29 is 38.8 Å². The number of ketones is 1. The van der Waals surface area contributed by atoms with Crippen LogP contribution in [0.2, 0.25) is 0 Å². The van der Waals surface area contributed by atoms with Crippen molar-refractivity contribution in [2.45, 2.75) is 31.8 Å². The summed E-state index contributed by atoms with van der Waals surface area (Å²) in [5.41, 5.74) is -1.44. The molecule has 0 aromatic heterocycles. The molecule has 31 heavy (non-hydrogen) atoms. The lowest BCUT2D eigenvalue weighted by Gasteiger charge is -2.43. The number of aromatic hydroxyl groups is 1. The summed E-state index contributed by atoms with van der Waals surface area (Å²) in [7, 11) is 0. The molecule has 168 valence electrons. The number of phenols is 1. The van der Waals surface area contributed by atoms with Gasteiger partial charge in [0.05, 0.1) is 18.1 Å². The molecule has 0 unspecified atom stereocenters. The van der Waals surface area contributed by atoms with Gasteiger partial charge < -0.3 is 24.4 Å². The van der Waals surface area contributed by atoms with Crippen LogP contribution in [0.3, 0.4) is 0 Å². The van der Waals surface area contributed by atoms with E-state index in [1.165, 1.54) is 37.3 Å². The Morgan fingerprint density at radius 3 is 2.39 bits per heavy atom. The van der Waals surface area contributed by atoms with E-state index < -0.39 is 47.5 Å². The molecule has 1 saturated carbocycles. The van der Waals surface area contributed by atoms with E-state index in [2.05, 4.69) is 13.2 Å². The van der Waals surface area contributed by atoms with Gasteiger partial charge in [-0.05, 0) is 31.5 Å². The number of hydrogen-bond acceptors (Lipinski definition) is 8. The van der Waals surface area contributed by atoms with Gasteiger partial charge in [-0.15, -0.1) is 0 Å². The second-order valence-corrected chi connectivity index (χ2v) is 7.48. The summed E-state index contributed by atoms with van der Waals surface area (Å²) in [5.74, 6) is -5.93. The molecule has 8 heteroatoms. The van der Waals surface area contributed by atoms with Crippen molar-refractivity contribution in [3.63, 3.8) is 0 Å². The molecule has 0 bridgehead atoms. The van der Waals surface area contributed by atoms with Gasteiger partial charge in [-0.2, -0.15) is 0 Å². The first-order valence-corrected chi connectivity index (χ1v) is 9.93. The van der Waals surface area contributed by atoms with Crippen molar-refractivity contribution in [2.75, 3.05) is 19.8 Å². The number of phenolic OH excluding ortho intramolecular Hbond substituents is 1. The smallest absolute Gasteiger partial charge is 0.317 e. The summed E-state index contributed by atoms with van der Waals surface area (Å²) in [6.07, 6.45) is 2.31. The van der Waals surface area contributed by atoms with Crippen LogP contribution in [-0.2, 0) is 23.9 Å². The Morgan fingerprint density at radius 1 is 1.19 bits per heavy atom. The maximum atomic E-state index is 12.9. The summed E-state index contributed by atoms with van der Waals surface area (Å²) < 4.78 is 15.7. The van der Waals surface area contributed by atoms with Crippen LogP contribution in [0, 0.1) is 11.8 Å². The van der Waals surface area contributed by atoms with Crippen molar-refractivity contribution in [1.29, 1.82) is 0 Å². The molecule has 1 fully saturated rings. The Labute approximate surface area is 181 Å². The molecule has 0 amide bonds. The Bertz CT molecular complexity index is 857. The average Bonchev–Trinajstić information content (AvgIpc) is 2.70. The predicted octanol–water partition coefficient (Wildman–Crippen LogP) is 2.29. The maximum Gasteiger partial charge on any atom is 0.317 e. The van der Waals surface area contributed by atoms with Crippen LogP contribution in [0.1, 0.15) is 31.7 Å². The van der Waals surface area contributed by atoms with Crippen LogP contribution >= 0.6 is 0 Å². The number of rotatable bonds is 9. The minimum absolute atomic E-state index is 0.0998. The fraction of sp³-hybridized carbons (Fsp3) is 0.435. The van der Waals surface area contributed by atoms with Crippen LogP contribution < -0.4 is 4.74 Å². The van der Waals surface area contributed by atoms with Gasteiger partial charge in [0.15, 0.2) is 17.3 Å². The minimum Gasteiger partial charge on any atom is -0.504 e. The molecule has 1 aromatic rings. The zero-order valence-corrected chi connectivity index (χ0v) is 17.7. The fourth-order valence-electron chi connectivity index (χ4n) is 3.89. The van der Waals surface area contributed by atoms with Crippen molar-refractivity contribution in [3.05, 3.63) is 49.1 Å². The van der Waals surface area contributed by atoms with Crippen molar-refractivity contribution in [3.8, 4) is 11.5 Å². The van der Waals surface area contributed by atoms with Crippen LogP contribution in [-0.4, -0.2) is 53.4 Å². The van der Waals surface area contributed by atoms with E-state index in [4.69, 9.17) is 14.2 Å². The largest absolute Gasteiger partial charge is 0.504 e. The Morgan fingerprint density at radius 2 is 1.81 bits per heavy atom. The monoisotopic (exact) mass is 432 g/mol. The molecule has 1 aliphatic rings. The first-order valence-electron chi connectivity index (χ1n) is 9.93. The van der Waals surface area contributed by atoms with Gasteiger partial charge in [-0.25, -0.2) is 0 Å². The van der Waals surface area contributed by atoms with Gasteiger partial charge >= 0.3 is 11.9 Å². The molecule has 0 saturated heterocycles. The Hall–Kier alpha value is -3.13. The molecule has 8 nitrogen and oxygen atoms in total. The Kier molecular flexibility index (Phi) is 7.99. The summed E-state index contributed by atoms with van der Waals surface area (Å²) in [6.45, 7) is 10.1. The predicted molar refractivity (Wildman–Crippen MR) is 112 cm³/mol. The number of Topliss-reactive ketones (excluding diaryl/α,β-unsaturated/α-hetero) is 1. The quantitative estimate of drug-likeness (QED) is 0.347. The number of hydrogen-bond donors (Lipinski definition) is 2. The topological polar surface area (TPSA) is 119 Å². The van der Waals surface area contributed by atoms with E-state index in [-0.39, 0.29) is 31.3 Å². The highest BCUT2D eigenvalue weighted by Crippen LogP contribution is 2.48. The lowest BCUT2D eigenvalue weighted by molar-refractivity contribution is -0.172. The molecule has 2 N–H and O–H groups in total. The second-order valence-electron chi connectivity index (χ2n) is 7.48. The molecule has 1 aliphatic carbocycles. The standard InChI is InChI=1S/C23H28O8/c1-5-10-30-21(26)19-16(25)13-23(4,28)20(22(27)31-11-6-2)18(19)14-8-9-15(24)17(12-14)29-7-3/h5-6,8-9,12,18-20,24,28H,1-2,7,10-11,13H2,3-4H3/t18-,19+,20-,23-/m0/s1. The van der Waals surface area contributed by atoms with Crippen LogP contribution in [0.15, 0.2) is 43.5 Å². The lowest BCUT2D eigenvalue weighted by Crippen LogP contribution is -2.55. The maximum absolute atomic E-state index is 12.9. The highest BCUT2D eigenvalue weighted by molar-refractivity contribution is 6.02. The van der Waals surface area contributed by atoms with E-state index in [1.54, 1.807) is 6.92 Å². The zero-order valence-electron chi connectivity index (χ0n) is 17.7. The molecule has 2 rings (SSSR count). The third-order valence-corrected chi connectivity index (χ3v) is 5.13. The molecule has 0 aliphatic heterocycles. The van der Waals surface area contributed by atoms with Crippen molar-refractivity contribution in [2.24, 2.45) is 11.8 Å². The molecular weight excluding hydrogens is 404 g/mol. The van der Waals surface area contributed by atoms with Gasteiger partial charge in [0, 0.05) is 12.3 Å². The lowest BCUT2D eigenvalue weighted by atomic mass is 9.61. The normalized spacial score (nSPS) is 25.4. The molecule has 0 spiro atoms. The summed E-state index contributed by atoms with van der Waals surface area (Å²) in [4.78, 5) is 38.7. The van der Waals surface area contributed by atoms with Crippen molar-refractivity contribution in [1.82, 2.24) is 0 Å². The number of ether oxygens (including phenoxy) is 3. The zero-order chi connectivity index (χ0) is 23.2. The van der Waals surface area contributed by atoms with Crippen LogP contribution in [0.5, 0.6) is 11.5 Å². The van der Waals surface area contributed by atoms with E-state index in [1.807, 2.05) is 0 Å². The SMILES string of the molecule is C=CCOC(=O)[C@@H]1C(=O)C[C@](C)(O)[C@H](C(=O)OCC=C)[C@H]1c1ccc(O)c(OCC)c1. The van der Waals surface area contributed by atoms with Gasteiger partial charge in [-0.3, -0.25) is 14.4 Å². The van der Waals surface area contributed by atoms with E-state index in [0.717, 1.165) is 0 Å². The minimum atomic E-state index is -1.78. The number of benzene rings is 1. The highest BCUT2D eigenvalue weighted by Gasteiger charge is 2.57. The van der Waals surface area contributed by atoms with E-state index >= 15 is 0 Å². The molecule has 1 aromatic carbocycles. The Balaban J connectivity index is 2.64. The summed E-state index contributed by atoms with van der Waals surface area (Å²) >= 11 is 0. The summed E-state index contributed by atoms with van der Waals surface area (Å²) in [5, 5.41) is 21.1. The van der Waals surface area contributed by atoms with E-state index in [9.17, 15) is 24.6 Å². The number of aliphatic hydroxyl groups is 1. The highest BCUT2D eigenvalue weighted by atomic mass is 16.5. The number of carbonyl (C=O) groups is 3. The van der Waals surface area contributed by atoms with Gasteiger partial charge in [0.25, 0.3) is 0 Å². The number of esters is 2. The molecular formula is C23H28O8. The van der Waals surface area contributed by atoms with Gasteiger partial charge in [0.2, 0.25) is 0 Å². The first-order chi connectivity index (χ1) is 14.7. The van der Waals surface area contributed by atoms with Crippen LogP contribution in [0.25, 0.3) is 0 Å². The van der Waals surface area contributed by atoms with E-state index in [0.29, 0.717) is 5.56 Å². The van der Waals surface area contributed by atoms with Crippen LogP contribution in [0.4, 0.5) is 0 Å². The van der Waals surface area contributed by atoms with Gasteiger partial charge in [0.1, 0.15) is 19.1 Å². The average molecular weight is 432 g/mol. The third-order valence-electron chi connectivity index (χ3n) is 5.13.